The van der Waals surface area contributed by atoms with E-state index in [1.165, 1.54) is 0 Å². The van der Waals surface area contributed by atoms with Crippen LogP contribution < -0.4 is 0 Å². The van der Waals surface area contributed by atoms with Crippen LogP contribution >= 0.6 is 0 Å². The fraction of sp³-hybridized carbons (Fsp3) is 0.643. The van der Waals surface area contributed by atoms with Crippen molar-refractivity contribution in [2.75, 3.05) is 32.7 Å². The van der Waals surface area contributed by atoms with Crippen LogP contribution in [0.4, 0.5) is 0 Å². The van der Waals surface area contributed by atoms with Crippen LogP contribution in [0.5, 0.6) is 0 Å². The van der Waals surface area contributed by atoms with Gasteiger partial charge in [-0.15, -0.1) is 12.8 Å². The van der Waals surface area contributed by atoms with Crippen LogP contribution in [0.3, 0.4) is 0 Å². The van der Waals surface area contributed by atoms with Crippen LogP contribution in [0.1, 0.15) is 26.7 Å². The number of nitrogens with zero attached hydrogens (tertiary/aromatic N) is 2. The topological polar surface area (TPSA) is 23.6 Å². The molecule has 0 aromatic heterocycles. The van der Waals surface area contributed by atoms with Gasteiger partial charge >= 0.3 is 0 Å². The van der Waals surface area contributed by atoms with Gasteiger partial charge in [0, 0.05) is 19.6 Å². The molecule has 0 aromatic carbocycles. The SMILES string of the molecule is C#CCN(CCC)CCN(CCC)C(=O)C#C. The van der Waals surface area contributed by atoms with Crippen molar-refractivity contribution < 1.29 is 4.79 Å². The van der Waals surface area contributed by atoms with Gasteiger partial charge in [0.1, 0.15) is 0 Å². The zero-order valence-corrected chi connectivity index (χ0v) is 10.9. The summed E-state index contributed by atoms with van der Waals surface area (Å²) in [6.07, 6.45) is 12.4. The second-order valence-electron chi connectivity index (χ2n) is 3.92. The Morgan fingerprint density at radius 2 is 1.71 bits per heavy atom. The van der Waals surface area contributed by atoms with Crippen molar-refractivity contribution in [3.8, 4) is 24.7 Å². The number of hydrogen-bond donors (Lipinski definition) is 0. The molecule has 3 nitrogen and oxygen atoms in total. The van der Waals surface area contributed by atoms with Crippen molar-refractivity contribution in [3.05, 3.63) is 0 Å². The molecule has 0 radical (unpaired) electrons. The van der Waals surface area contributed by atoms with E-state index in [4.69, 9.17) is 12.8 Å². The molecule has 0 aliphatic carbocycles. The first kappa shape index (κ1) is 15.6. The van der Waals surface area contributed by atoms with Crippen LogP contribution in [0.25, 0.3) is 0 Å². The fourth-order valence-electron chi connectivity index (χ4n) is 1.65. The van der Waals surface area contributed by atoms with Crippen molar-refractivity contribution in [2.24, 2.45) is 0 Å². The average Bonchev–Trinajstić information content (AvgIpc) is 2.33. The lowest BCUT2D eigenvalue weighted by Gasteiger charge is -2.24. The lowest BCUT2D eigenvalue weighted by Crippen LogP contribution is -2.39. The fourth-order valence-corrected chi connectivity index (χ4v) is 1.65. The average molecular weight is 234 g/mol. The van der Waals surface area contributed by atoms with E-state index in [9.17, 15) is 4.79 Å². The molecule has 0 heterocycles. The van der Waals surface area contributed by atoms with Gasteiger partial charge in [-0.25, -0.2) is 0 Å². The first-order chi connectivity index (χ1) is 8.19. The highest BCUT2D eigenvalue weighted by Gasteiger charge is 2.11. The van der Waals surface area contributed by atoms with Crippen molar-refractivity contribution in [1.29, 1.82) is 0 Å². The third-order valence-corrected chi connectivity index (χ3v) is 2.45. The highest BCUT2D eigenvalue weighted by molar-refractivity contribution is 5.92. The number of terminal acetylenes is 2. The molecule has 94 valence electrons. The first-order valence-corrected chi connectivity index (χ1v) is 6.10. The molecule has 0 N–H and O–H groups in total. The van der Waals surface area contributed by atoms with Crippen molar-refractivity contribution in [2.45, 2.75) is 26.7 Å². The normalized spacial score (nSPS) is 9.71. The van der Waals surface area contributed by atoms with E-state index in [1.54, 1.807) is 4.90 Å². The predicted molar refractivity (Wildman–Crippen MR) is 71.3 cm³/mol. The third kappa shape index (κ3) is 6.66. The van der Waals surface area contributed by atoms with E-state index < -0.39 is 0 Å². The minimum Gasteiger partial charge on any atom is -0.331 e. The van der Waals surface area contributed by atoms with Crippen LogP contribution in [-0.2, 0) is 4.79 Å². The molecule has 0 aliphatic heterocycles. The van der Waals surface area contributed by atoms with E-state index in [0.29, 0.717) is 19.6 Å². The van der Waals surface area contributed by atoms with Crippen LogP contribution in [0, 0.1) is 24.7 Å². The Balaban J connectivity index is 4.22. The lowest BCUT2D eigenvalue weighted by atomic mass is 10.3. The molecule has 0 bridgehead atoms. The Morgan fingerprint density at radius 3 is 2.18 bits per heavy atom. The molecule has 0 fully saturated rings. The number of rotatable bonds is 8. The molecule has 0 saturated carbocycles. The molecule has 1 amide bonds. The van der Waals surface area contributed by atoms with Gasteiger partial charge in [-0.1, -0.05) is 19.8 Å². The summed E-state index contributed by atoms with van der Waals surface area (Å²) in [5.41, 5.74) is 0. The minimum atomic E-state index is -0.232. The third-order valence-electron chi connectivity index (χ3n) is 2.45. The quantitative estimate of drug-likeness (QED) is 0.589. The molecule has 0 rings (SSSR count). The zero-order valence-electron chi connectivity index (χ0n) is 10.9. The van der Waals surface area contributed by atoms with Gasteiger partial charge in [-0.2, -0.15) is 0 Å². The Bertz CT molecular complexity index is 298. The van der Waals surface area contributed by atoms with Gasteiger partial charge < -0.3 is 4.90 Å². The standard InChI is InChI=1S/C14H22N2O/c1-5-9-15(10-6-2)12-13-16(11-7-3)14(17)8-4/h1,4H,6-7,9-13H2,2-3H3. The molecule has 0 unspecified atom stereocenters. The van der Waals surface area contributed by atoms with Crippen LogP contribution in [0.2, 0.25) is 0 Å². The highest BCUT2D eigenvalue weighted by atomic mass is 16.2. The van der Waals surface area contributed by atoms with E-state index in [2.05, 4.69) is 23.7 Å². The molecule has 0 aliphatic rings. The molecule has 0 saturated heterocycles. The predicted octanol–water partition coefficient (Wildman–Crippen LogP) is 1.20. The number of hydrogen-bond acceptors (Lipinski definition) is 2. The first-order valence-electron chi connectivity index (χ1n) is 6.10. The summed E-state index contributed by atoms with van der Waals surface area (Å²) in [7, 11) is 0. The molecule has 0 spiro atoms. The van der Waals surface area contributed by atoms with Crippen molar-refractivity contribution >= 4 is 5.91 Å². The Morgan fingerprint density at radius 1 is 1.06 bits per heavy atom. The summed E-state index contributed by atoms with van der Waals surface area (Å²) in [5, 5.41) is 0. The molecular formula is C14H22N2O. The van der Waals surface area contributed by atoms with Gasteiger partial charge in [-0.05, 0) is 25.3 Å². The minimum absolute atomic E-state index is 0.232. The van der Waals surface area contributed by atoms with Crippen molar-refractivity contribution in [1.82, 2.24) is 9.80 Å². The smallest absolute Gasteiger partial charge is 0.298 e. The summed E-state index contributed by atoms with van der Waals surface area (Å²) >= 11 is 0. The Hall–Kier alpha value is -1.45. The molecule has 17 heavy (non-hydrogen) atoms. The van der Waals surface area contributed by atoms with Crippen LogP contribution in [-0.4, -0.2) is 48.4 Å². The maximum absolute atomic E-state index is 11.5. The molecule has 0 aromatic rings. The monoisotopic (exact) mass is 234 g/mol. The summed E-state index contributed by atoms with van der Waals surface area (Å²) in [4.78, 5) is 15.3. The van der Waals surface area contributed by atoms with Gasteiger partial charge in [0.2, 0.25) is 0 Å². The number of amides is 1. The maximum Gasteiger partial charge on any atom is 0.298 e. The van der Waals surface area contributed by atoms with Crippen LogP contribution in [0.15, 0.2) is 0 Å². The van der Waals surface area contributed by atoms with Gasteiger partial charge in [0.15, 0.2) is 0 Å². The lowest BCUT2D eigenvalue weighted by molar-refractivity contribution is -0.125. The molecule has 3 heteroatoms. The van der Waals surface area contributed by atoms with E-state index in [-0.39, 0.29) is 5.91 Å². The van der Waals surface area contributed by atoms with Gasteiger partial charge in [0.05, 0.1) is 6.54 Å². The summed E-state index contributed by atoms with van der Waals surface area (Å²) in [6.45, 7) is 7.86. The largest absolute Gasteiger partial charge is 0.331 e. The second-order valence-corrected chi connectivity index (χ2v) is 3.92. The summed E-state index contributed by atoms with van der Waals surface area (Å²) in [6, 6.07) is 0. The van der Waals surface area contributed by atoms with Crippen molar-refractivity contribution in [3.63, 3.8) is 0 Å². The molecule has 0 atom stereocenters. The Kier molecular flexibility index (Phi) is 8.92. The second kappa shape index (κ2) is 9.75. The molecular weight excluding hydrogens is 212 g/mol. The van der Waals surface area contributed by atoms with Gasteiger partial charge in [0.25, 0.3) is 5.91 Å². The zero-order chi connectivity index (χ0) is 13.1. The van der Waals surface area contributed by atoms with E-state index in [0.717, 1.165) is 25.9 Å². The number of carbonyl (C=O) groups is 1. The number of carbonyl (C=O) groups excluding carboxylic acids is 1. The summed E-state index contributed by atoms with van der Waals surface area (Å²) < 4.78 is 0. The maximum atomic E-state index is 11.5. The Labute approximate surface area is 105 Å². The van der Waals surface area contributed by atoms with Gasteiger partial charge in [-0.3, -0.25) is 9.69 Å². The highest BCUT2D eigenvalue weighted by Crippen LogP contribution is 1.96. The van der Waals surface area contributed by atoms with E-state index >= 15 is 0 Å². The van der Waals surface area contributed by atoms with E-state index in [1.807, 2.05) is 6.92 Å². The summed E-state index contributed by atoms with van der Waals surface area (Å²) in [5.74, 6) is 4.57.